The number of rotatable bonds is 15. The minimum absolute atomic E-state index is 0.0836. The SMILES string of the molecule is C[C@@](Cc1ccc(OC(=O)OCc2ccccc2)c(OC(=O)OCc2ccccc2)c1)(NC(=O)OCc1ccccc1)C(=O)NCC(=O)N1CCC(n2c(=O)[nH]c3ccccc32)CC1. The highest BCUT2D eigenvalue weighted by Gasteiger charge is 2.37. The molecule has 0 bridgehead atoms. The number of ether oxygens (including phenoxy) is 5. The van der Waals surface area contributed by atoms with Crippen LogP contribution >= 0.6 is 0 Å². The third-order valence-electron chi connectivity index (χ3n) is 10.6. The van der Waals surface area contributed by atoms with Gasteiger partial charge >= 0.3 is 24.1 Å². The summed E-state index contributed by atoms with van der Waals surface area (Å²) in [6.45, 7) is 1.52. The number of nitrogens with one attached hydrogen (secondary N) is 3. The molecule has 0 saturated carbocycles. The van der Waals surface area contributed by atoms with Crippen LogP contribution < -0.4 is 25.8 Å². The maximum atomic E-state index is 14.1. The maximum Gasteiger partial charge on any atom is 0.514 e. The molecule has 330 valence electrons. The van der Waals surface area contributed by atoms with Crippen molar-refractivity contribution in [2.24, 2.45) is 0 Å². The molecule has 16 heteroatoms. The third kappa shape index (κ3) is 11.7. The number of aromatic amines is 1. The zero-order chi connectivity index (χ0) is 44.9. The van der Waals surface area contributed by atoms with Gasteiger partial charge in [-0.25, -0.2) is 19.2 Å². The average Bonchev–Trinajstić information content (AvgIpc) is 3.66. The van der Waals surface area contributed by atoms with Gasteiger partial charge in [-0.3, -0.25) is 14.2 Å². The summed E-state index contributed by atoms with van der Waals surface area (Å²) in [4.78, 5) is 84.1. The zero-order valence-electron chi connectivity index (χ0n) is 35.0. The van der Waals surface area contributed by atoms with E-state index in [0.29, 0.717) is 48.2 Å². The molecule has 0 unspecified atom stereocenters. The fourth-order valence-corrected chi connectivity index (χ4v) is 7.34. The van der Waals surface area contributed by atoms with Crippen LogP contribution in [-0.4, -0.2) is 69.8 Å². The molecule has 7 rings (SSSR count). The Labute approximate surface area is 368 Å². The molecular formula is C48H47N5O11. The van der Waals surface area contributed by atoms with Crippen LogP contribution in [0, 0.1) is 0 Å². The van der Waals surface area contributed by atoms with Crippen molar-refractivity contribution < 1.29 is 47.7 Å². The smallest absolute Gasteiger partial charge is 0.445 e. The summed E-state index contributed by atoms with van der Waals surface area (Å²) in [5.74, 6) is -1.50. The highest BCUT2D eigenvalue weighted by Crippen LogP contribution is 2.32. The van der Waals surface area contributed by atoms with Crippen molar-refractivity contribution in [3.05, 3.63) is 166 Å². The number of hydrogen-bond acceptors (Lipinski definition) is 11. The molecule has 6 aromatic rings. The second-order valence-electron chi connectivity index (χ2n) is 15.3. The lowest BCUT2D eigenvalue weighted by Crippen LogP contribution is -2.59. The quantitative estimate of drug-likeness (QED) is 0.0548. The fraction of sp³-hybridized carbons (Fsp3) is 0.250. The summed E-state index contributed by atoms with van der Waals surface area (Å²) in [6.07, 6.45) is -2.25. The number of benzene rings is 5. The molecule has 64 heavy (non-hydrogen) atoms. The highest BCUT2D eigenvalue weighted by atomic mass is 16.7. The van der Waals surface area contributed by atoms with E-state index in [4.69, 9.17) is 23.7 Å². The molecule has 0 radical (unpaired) electrons. The number of fused-ring (bicyclic) bond motifs is 1. The molecule has 1 aliphatic heterocycles. The summed E-state index contributed by atoms with van der Waals surface area (Å²) in [7, 11) is 0. The number of amides is 3. The van der Waals surface area contributed by atoms with Crippen molar-refractivity contribution in [2.45, 2.75) is 57.6 Å². The molecule has 1 aromatic heterocycles. The minimum atomic E-state index is -1.75. The Hall–Kier alpha value is -7.88. The van der Waals surface area contributed by atoms with Crippen LogP contribution in [0.5, 0.6) is 11.5 Å². The van der Waals surface area contributed by atoms with E-state index in [2.05, 4.69) is 15.6 Å². The Balaban J connectivity index is 1.05. The number of alkyl carbamates (subject to hydrolysis) is 1. The lowest BCUT2D eigenvalue weighted by atomic mass is 9.91. The number of hydrogen-bond donors (Lipinski definition) is 3. The van der Waals surface area contributed by atoms with Gasteiger partial charge in [0.05, 0.1) is 17.6 Å². The first kappa shape index (κ1) is 44.2. The first-order valence-corrected chi connectivity index (χ1v) is 20.7. The number of aromatic nitrogens is 2. The lowest BCUT2D eigenvalue weighted by molar-refractivity contribution is -0.135. The molecule has 2 heterocycles. The van der Waals surface area contributed by atoms with E-state index in [1.54, 1.807) is 82.3 Å². The monoisotopic (exact) mass is 869 g/mol. The second-order valence-corrected chi connectivity index (χ2v) is 15.3. The van der Waals surface area contributed by atoms with Gasteiger partial charge in [-0.2, -0.15) is 0 Å². The van der Waals surface area contributed by atoms with Crippen LogP contribution in [0.15, 0.2) is 138 Å². The van der Waals surface area contributed by atoms with Gasteiger partial charge in [0.15, 0.2) is 11.5 Å². The second kappa shape index (κ2) is 20.8. The van der Waals surface area contributed by atoms with Gasteiger partial charge in [-0.05, 0) is 66.3 Å². The minimum Gasteiger partial charge on any atom is -0.445 e. The number of likely N-dealkylation sites (tertiary alicyclic amines) is 1. The summed E-state index contributed by atoms with van der Waals surface area (Å²) in [5.41, 5.74) is 2.05. The van der Waals surface area contributed by atoms with Gasteiger partial charge in [-0.15, -0.1) is 0 Å². The topological polar surface area (TPSA) is 197 Å². The van der Waals surface area contributed by atoms with Gasteiger partial charge in [0.2, 0.25) is 11.8 Å². The van der Waals surface area contributed by atoms with Crippen molar-refractivity contribution in [1.82, 2.24) is 25.1 Å². The number of imidazole rings is 1. The summed E-state index contributed by atoms with van der Waals surface area (Å²) in [6, 6.07) is 38.4. The Bertz CT molecular complexity index is 2630. The number of carbonyl (C=O) groups is 5. The van der Waals surface area contributed by atoms with Crippen LogP contribution in [0.25, 0.3) is 11.0 Å². The molecule has 0 aliphatic carbocycles. The largest absolute Gasteiger partial charge is 0.514 e. The first-order valence-electron chi connectivity index (χ1n) is 20.7. The highest BCUT2D eigenvalue weighted by molar-refractivity contribution is 5.93. The van der Waals surface area contributed by atoms with Crippen molar-refractivity contribution in [3.63, 3.8) is 0 Å². The lowest BCUT2D eigenvalue weighted by Gasteiger charge is -2.33. The van der Waals surface area contributed by atoms with Gasteiger partial charge in [0.25, 0.3) is 0 Å². The van der Waals surface area contributed by atoms with Crippen molar-refractivity contribution in [2.75, 3.05) is 19.6 Å². The molecule has 5 aromatic carbocycles. The van der Waals surface area contributed by atoms with Crippen LogP contribution in [0.1, 0.15) is 48.1 Å². The number of para-hydroxylation sites is 2. The van der Waals surface area contributed by atoms with E-state index in [1.807, 2.05) is 42.5 Å². The molecule has 1 fully saturated rings. The van der Waals surface area contributed by atoms with Crippen LogP contribution in [0.3, 0.4) is 0 Å². The van der Waals surface area contributed by atoms with Crippen LogP contribution in [0.4, 0.5) is 14.4 Å². The predicted octanol–water partition coefficient (Wildman–Crippen LogP) is 6.97. The molecule has 3 N–H and O–H groups in total. The summed E-state index contributed by atoms with van der Waals surface area (Å²) >= 11 is 0. The van der Waals surface area contributed by atoms with Crippen molar-refractivity contribution in [1.29, 1.82) is 0 Å². The van der Waals surface area contributed by atoms with E-state index >= 15 is 0 Å². The Morgan fingerprint density at radius 3 is 1.78 bits per heavy atom. The van der Waals surface area contributed by atoms with E-state index < -0.39 is 29.9 Å². The van der Waals surface area contributed by atoms with E-state index in [1.165, 1.54) is 25.1 Å². The number of H-pyrrole nitrogens is 1. The number of piperidine rings is 1. The van der Waals surface area contributed by atoms with E-state index in [-0.39, 0.29) is 61.9 Å². The third-order valence-corrected chi connectivity index (χ3v) is 10.6. The molecule has 1 atom stereocenters. The summed E-state index contributed by atoms with van der Waals surface area (Å²) in [5, 5.41) is 5.35. The van der Waals surface area contributed by atoms with Gasteiger partial charge in [0.1, 0.15) is 25.4 Å². The van der Waals surface area contributed by atoms with Crippen molar-refractivity contribution in [3.8, 4) is 11.5 Å². The van der Waals surface area contributed by atoms with Crippen molar-refractivity contribution >= 4 is 41.3 Å². The fourth-order valence-electron chi connectivity index (χ4n) is 7.34. The average molecular weight is 870 g/mol. The molecule has 0 spiro atoms. The number of nitrogens with zero attached hydrogens (tertiary/aromatic N) is 2. The molecule has 1 saturated heterocycles. The molecular weight excluding hydrogens is 823 g/mol. The Kier molecular flexibility index (Phi) is 14.4. The predicted molar refractivity (Wildman–Crippen MR) is 233 cm³/mol. The van der Waals surface area contributed by atoms with Crippen LogP contribution in [-0.2, 0) is 50.0 Å². The van der Waals surface area contributed by atoms with E-state index in [9.17, 15) is 28.8 Å². The Morgan fingerprint density at radius 1 is 0.656 bits per heavy atom. The van der Waals surface area contributed by atoms with Gasteiger partial charge in [0, 0.05) is 25.6 Å². The summed E-state index contributed by atoms with van der Waals surface area (Å²) < 4.78 is 28.8. The maximum absolute atomic E-state index is 14.1. The van der Waals surface area contributed by atoms with E-state index in [0.717, 1.165) is 11.0 Å². The first-order chi connectivity index (χ1) is 31.0. The molecule has 16 nitrogen and oxygen atoms in total. The zero-order valence-corrected chi connectivity index (χ0v) is 35.0. The standard InChI is InChI=1S/C48H47N5O11/c1-48(51-45(57)60-30-33-13-5-2-6-14-33,43(55)49-29-42(54)52-25-23-37(24-26-52)53-39-20-12-11-19-38(39)50-44(53)56)28-36-21-22-40(63-46(58)61-31-34-15-7-3-8-16-34)41(27-36)64-47(59)62-32-35-17-9-4-10-18-35/h2-22,27,37H,23-26,28-32H2,1H3,(H,49,55)(H,50,56)(H,51,57)/t48-/m0/s1. The number of carbonyl (C=O) groups excluding carboxylic acids is 5. The Morgan fingerprint density at radius 2 is 1.19 bits per heavy atom. The normalized spacial score (nSPS) is 13.5. The van der Waals surface area contributed by atoms with Crippen LogP contribution in [0.2, 0.25) is 0 Å². The molecule has 3 amide bonds. The van der Waals surface area contributed by atoms with Gasteiger partial charge < -0.3 is 44.2 Å². The molecule has 1 aliphatic rings. The van der Waals surface area contributed by atoms with Gasteiger partial charge in [-0.1, -0.05) is 109 Å².